The topological polar surface area (TPSA) is 91.0 Å². The summed E-state index contributed by atoms with van der Waals surface area (Å²) < 4.78 is 5.07. The van der Waals surface area contributed by atoms with Crippen molar-refractivity contribution < 1.29 is 19.1 Å². The van der Waals surface area contributed by atoms with Crippen molar-refractivity contribution in [2.75, 3.05) is 45.2 Å². The molecule has 2 aliphatic rings. The van der Waals surface area contributed by atoms with Crippen molar-refractivity contribution in [1.29, 1.82) is 0 Å². The van der Waals surface area contributed by atoms with Crippen molar-refractivity contribution >= 4 is 23.4 Å². The van der Waals surface area contributed by atoms with Gasteiger partial charge in [0.25, 0.3) is 0 Å². The lowest BCUT2D eigenvalue weighted by Crippen LogP contribution is -2.58. The second-order valence-corrected chi connectivity index (χ2v) is 6.49. The Hall–Kier alpha value is -2.61. The lowest BCUT2D eigenvalue weighted by molar-refractivity contribution is -0.146. The van der Waals surface area contributed by atoms with Crippen LogP contribution in [0.1, 0.15) is 12.8 Å². The first-order valence-corrected chi connectivity index (χ1v) is 8.83. The van der Waals surface area contributed by atoms with Gasteiger partial charge in [-0.05, 0) is 37.1 Å². The van der Waals surface area contributed by atoms with Gasteiger partial charge in [0.15, 0.2) is 0 Å². The van der Waals surface area contributed by atoms with Crippen molar-refractivity contribution in [3.8, 4) is 5.75 Å². The van der Waals surface area contributed by atoms with Crippen molar-refractivity contribution in [2.24, 2.45) is 0 Å². The molecular formula is C18H24N4O4. The maximum Gasteiger partial charge on any atom is 0.313 e. The number of benzene rings is 1. The summed E-state index contributed by atoms with van der Waals surface area (Å²) in [5.41, 5.74) is 0.537. The minimum atomic E-state index is -0.664. The van der Waals surface area contributed by atoms with Gasteiger partial charge in [0.05, 0.1) is 13.7 Å². The summed E-state index contributed by atoms with van der Waals surface area (Å²) in [4.78, 5) is 40.2. The summed E-state index contributed by atoms with van der Waals surface area (Å²) in [6.45, 7) is 2.67. The molecule has 3 amide bonds. The minimum absolute atomic E-state index is 0.0175. The number of piperidine rings is 1. The Morgan fingerprint density at radius 3 is 2.69 bits per heavy atom. The lowest BCUT2D eigenvalue weighted by Gasteiger charge is -2.40. The average Bonchev–Trinajstić information content (AvgIpc) is 2.68. The standard InChI is InChI=1S/C18H24N4O4/c1-26-15-6-4-13(5-7-15)20-17(24)18(25)21-9-2-3-14(12-21)22-10-8-19-11-16(22)23/h4-7,14,19H,2-3,8-12H2,1H3,(H,20,24). The molecule has 3 rings (SSSR count). The zero-order chi connectivity index (χ0) is 18.5. The maximum absolute atomic E-state index is 12.5. The molecule has 0 aliphatic carbocycles. The summed E-state index contributed by atoms with van der Waals surface area (Å²) in [7, 11) is 1.56. The van der Waals surface area contributed by atoms with Crippen LogP contribution in [0.5, 0.6) is 5.75 Å². The Bertz CT molecular complexity index is 676. The highest BCUT2D eigenvalue weighted by molar-refractivity contribution is 6.39. The fourth-order valence-corrected chi connectivity index (χ4v) is 3.40. The second-order valence-electron chi connectivity index (χ2n) is 6.49. The first-order chi connectivity index (χ1) is 12.6. The molecule has 0 saturated carbocycles. The highest BCUT2D eigenvalue weighted by Gasteiger charge is 2.33. The van der Waals surface area contributed by atoms with Gasteiger partial charge >= 0.3 is 11.8 Å². The molecule has 1 unspecified atom stereocenters. The molecule has 0 radical (unpaired) electrons. The number of anilines is 1. The summed E-state index contributed by atoms with van der Waals surface area (Å²) in [5.74, 6) is -0.498. The molecule has 0 spiro atoms. The van der Waals surface area contributed by atoms with Crippen LogP contribution in [0.3, 0.4) is 0 Å². The Kier molecular flexibility index (Phi) is 5.72. The molecule has 0 bridgehead atoms. The number of ether oxygens (including phenoxy) is 1. The number of carbonyl (C=O) groups excluding carboxylic acids is 3. The smallest absolute Gasteiger partial charge is 0.313 e. The third-order valence-electron chi connectivity index (χ3n) is 4.79. The van der Waals surface area contributed by atoms with Gasteiger partial charge in [-0.25, -0.2) is 0 Å². The summed E-state index contributed by atoms with van der Waals surface area (Å²) in [6.07, 6.45) is 1.64. The first-order valence-electron chi connectivity index (χ1n) is 8.83. The van der Waals surface area contributed by atoms with Gasteiger partial charge in [0.2, 0.25) is 5.91 Å². The first kappa shape index (κ1) is 18.2. The van der Waals surface area contributed by atoms with Crippen LogP contribution in [0.25, 0.3) is 0 Å². The van der Waals surface area contributed by atoms with Crippen molar-refractivity contribution in [3.05, 3.63) is 24.3 Å². The quantitative estimate of drug-likeness (QED) is 0.744. The third kappa shape index (κ3) is 4.13. The number of likely N-dealkylation sites (tertiary alicyclic amines) is 1. The van der Waals surface area contributed by atoms with Crippen LogP contribution in [0.15, 0.2) is 24.3 Å². The molecule has 8 heteroatoms. The highest BCUT2D eigenvalue weighted by atomic mass is 16.5. The Morgan fingerprint density at radius 1 is 1.23 bits per heavy atom. The molecule has 2 fully saturated rings. The average molecular weight is 360 g/mol. The second kappa shape index (κ2) is 8.18. The van der Waals surface area contributed by atoms with Gasteiger partial charge < -0.3 is 25.2 Å². The van der Waals surface area contributed by atoms with E-state index in [1.807, 2.05) is 4.90 Å². The van der Waals surface area contributed by atoms with E-state index in [0.717, 1.165) is 19.4 Å². The monoisotopic (exact) mass is 360 g/mol. The fraction of sp³-hybridized carbons (Fsp3) is 0.500. The molecule has 2 heterocycles. The number of nitrogens with zero attached hydrogens (tertiary/aromatic N) is 2. The predicted octanol–water partition coefficient (Wildman–Crippen LogP) is 0.0565. The Morgan fingerprint density at radius 2 is 2.00 bits per heavy atom. The summed E-state index contributed by atoms with van der Waals surface area (Å²) in [6, 6.07) is 6.78. The van der Waals surface area contributed by atoms with E-state index in [1.54, 1.807) is 36.3 Å². The molecule has 1 aromatic carbocycles. The van der Waals surface area contributed by atoms with E-state index in [1.165, 1.54) is 0 Å². The minimum Gasteiger partial charge on any atom is -0.497 e. The predicted molar refractivity (Wildman–Crippen MR) is 95.8 cm³/mol. The molecule has 1 atom stereocenters. The normalized spacial score (nSPS) is 20.7. The molecule has 0 aromatic heterocycles. The van der Waals surface area contributed by atoms with E-state index >= 15 is 0 Å². The van der Waals surface area contributed by atoms with Gasteiger partial charge in [-0.2, -0.15) is 0 Å². The van der Waals surface area contributed by atoms with Gasteiger partial charge in [-0.3, -0.25) is 14.4 Å². The molecule has 140 valence electrons. The van der Waals surface area contributed by atoms with Crippen molar-refractivity contribution in [3.63, 3.8) is 0 Å². The number of carbonyl (C=O) groups is 3. The Labute approximate surface area is 152 Å². The Balaban J connectivity index is 1.59. The molecule has 1 aromatic rings. The van der Waals surface area contributed by atoms with Crippen molar-refractivity contribution in [2.45, 2.75) is 18.9 Å². The van der Waals surface area contributed by atoms with E-state index in [4.69, 9.17) is 4.74 Å². The zero-order valence-electron chi connectivity index (χ0n) is 14.9. The number of hydrogen-bond donors (Lipinski definition) is 2. The van der Waals surface area contributed by atoms with Crippen LogP contribution in [-0.4, -0.2) is 73.4 Å². The van der Waals surface area contributed by atoms with Gasteiger partial charge in [-0.1, -0.05) is 0 Å². The number of piperazine rings is 1. The number of methoxy groups -OCH3 is 1. The molecule has 26 heavy (non-hydrogen) atoms. The number of amides is 3. The SMILES string of the molecule is COc1ccc(NC(=O)C(=O)N2CCCC(N3CCNCC3=O)C2)cc1. The maximum atomic E-state index is 12.5. The number of rotatable bonds is 3. The van der Waals surface area contributed by atoms with Crippen molar-refractivity contribution in [1.82, 2.24) is 15.1 Å². The molecule has 2 aliphatic heterocycles. The van der Waals surface area contributed by atoms with E-state index in [2.05, 4.69) is 10.6 Å². The highest BCUT2D eigenvalue weighted by Crippen LogP contribution is 2.18. The van der Waals surface area contributed by atoms with Crippen LogP contribution in [0.2, 0.25) is 0 Å². The van der Waals surface area contributed by atoms with Gasteiger partial charge in [0.1, 0.15) is 5.75 Å². The van der Waals surface area contributed by atoms with E-state index in [0.29, 0.717) is 37.6 Å². The van der Waals surface area contributed by atoms with Crippen LogP contribution >= 0.6 is 0 Å². The largest absolute Gasteiger partial charge is 0.497 e. The van der Waals surface area contributed by atoms with Gasteiger partial charge in [-0.15, -0.1) is 0 Å². The van der Waals surface area contributed by atoms with E-state index < -0.39 is 11.8 Å². The molecule has 2 N–H and O–H groups in total. The number of nitrogens with one attached hydrogen (secondary N) is 2. The van der Waals surface area contributed by atoms with E-state index in [-0.39, 0.29) is 11.9 Å². The summed E-state index contributed by atoms with van der Waals surface area (Å²) in [5, 5.41) is 5.66. The van der Waals surface area contributed by atoms with Crippen LogP contribution in [0.4, 0.5) is 5.69 Å². The molecule has 2 saturated heterocycles. The van der Waals surface area contributed by atoms with E-state index in [9.17, 15) is 14.4 Å². The van der Waals surface area contributed by atoms with Crippen LogP contribution in [0, 0.1) is 0 Å². The zero-order valence-corrected chi connectivity index (χ0v) is 14.9. The lowest BCUT2D eigenvalue weighted by atomic mass is 10.0. The number of hydrogen-bond acceptors (Lipinski definition) is 5. The molecular weight excluding hydrogens is 336 g/mol. The van der Waals surface area contributed by atoms with Gasteiger partial charge in [0, 0.05) is 37.9 Å². The van der Waals surface area contributed by atoms with Crippen LogP contribution in [-0.2, 0) is 14.4 Å². The molecule has 8 nitrogen and oxygen atoms in total. The van der Waals surface area contributed by atoms with Crippen LogP contribution < -0.4 is 15.4 Å². The summed E-state index contributed by atoms with van der Waals surface area (Å²) >= 11 is 0. The fourth-order valence-electron chi connectivity index (χ4n) is 3.40. The third-order valence-corrected chi connectivity index (χ3v) is 4.79.